The van der Waals surface area contributed by atoms with E-state index in [9.17, 15) is 24.3 Å². The van der Waals surface area contributed by atoms with E-state index in [1.54, 1.807) is 30.3 Å². The van der Waals surface area contributed by atoms with Gasteiger partial charge >= 0.3 is 0 Å². The maximum Gasteiger partial charge on any atom is 0.241 e. The average Bonchev–Trinajstić information content (AvgIpc) is 3.32. The number of benzene rings is 3. The van der Waals surface area contributed by atoms with Crippen molar-refractivity contribution in [3.63, 3.8) is 0 Å². The number of nitrogens with zero attached hydrogens (tertiary/aromatic N) is 1. The number of allylic oxidation sites excluding steroid dienone is 2. The van der Waals surface area contributed by atoms with E-state index in [0.29, 0.717) is 23.9 Å². The van der Waals surface area contributed by atoms with Crippen molar-refractivity contribution in [1.82, 2.24) is 5.32 Å². The average molecular weight is 507 g/mol. The van der Waals surface area contributed by atoms with Crippen molar-refractivity contribution in [3.05, 3.63) is 83.9 Å². The lowest BCUT2D eigenvalue weighted by molar-refractivity contribution is -0.131. The third-order valence-electron chi connectivity index (χ3n) is 9.38. The predicted octanol–water partition coefficient (Wildman–Crippen LogP) is 4.06. The van der Waals surface area contributed by atoms with Gasteiger partial charge in [-0.3, -0.25) is 24.5 Å². The summed E-state index contributed by atoms with van der Waals surface area (Å²) in [6.07, 6.45) is 2.76. The Bertz CT molecular complexity index is 1590. The summed E-state index contributed by atoms with van der Waals surface area (Å²) in [5.74, 6) is -3.53. The van der Waals surface area contributed by atoms with Crippen LogP contribution in [0, 0.1) is 29.1 Å². The second kappa shape index (κ2) is 7.87. The van der Waals surface area contributed by atoms with Crippen LogP contribution in [0.25, 0.3) is 10.8 Å². The van der Waals surface area contributed by atoms with Gasteiger partial charge in [0.25, 0.3) is 0 Å². The highest BCUT2D eigenvalue weighted by molar-refractivity contribution is 6.24. The zero-order valence-corrected chi connectivity index (χ0v) is 20.8. The second-order valence-corrected chi connectivity index (χ2v) is 11.1. The first-order valence-corrected chi connectivity index (χ1v) is 13.0. The van der Waals surface area contributed by atoms with Crippen LogP contribution in [0.5, 0.6) is 5.75 Å². The number of hydrogen-bond donors (Lipinski definition) is 2. The normalized spacial score (nSPS) is 32.1. The fraction of sp³-hybridized carbons (Fsp3) is 0.290. The minimum absolute atomic E-state index is 0.136. The highest BCUT2D eigenvalue weighted by Gasteiger charge is 2.67. The molecular formula is C31H26N2O5. The minimum Gasteiger partial charge on any atom is -0.507 e. The summed E-state index contributed by atoms with van der Waals surface area (Å²) in [5, 5.41) is 14.6. The molecule has 38 heavy (non-hydrogen) atoms. The van der Waals surface area contributed by atoms with Crippen molar-refractivity contribution in [3.8, 4) is 5.75 Å². The van der Waals surface area contributed by atoms with Gasteiger partial charge in [0.1, 0.15) is 5.75 Å². The van der Waals surface area contributed by atoms with Crippen LogP contribution < -0.4 is 10.2 Å². The molecule has 2 N–H and O–H groups in total. The monoisotopic (exact) mass is 506 g/mol. The van der Waals surface area contributed by atoms with Crippen LogP contribution in [-0.4, -0.2) is 28.7 Å². The number of anilines is 1. The Morgan fingerprint density at radius 3 is 2.34 bits per heavy atom. The van der Waals surface area contributed by atoms with E-state index >= 15 is 0 Å². The summed E-state index contributed by atoms with van der Waals surface area (Å²) in [4.78, 5) is 55.3. The lowest BCUT2D eigenvalue weighted by Gasteiger charge is -2.49. The number of imide groups is 2. The first-order chi connectivity index (χ1) is 18.3. The molecule has 3 aromatic carbocycles. The third kappa shape index (κ3) is 2.84. The predicted molar refractivity (Wildman–Crippen MR) is 140 cm³/mol. The number of phenolic OH excluding ortho intramolecular Hbond substituents is 1. The van der Waals surface area contributed by atoms with E-state index in [2.05, 4.69) is 5.32 Å². The molecule has 7 heteroatoms. The molecule has 0 radical (unpaired) electrons. The Morgan fingerprint density at radius 1 is 0.868 bits per heavy atom. The zero-order valence-electron chi connectivity index (χ0n) is 20.8. The Labute approximate surface area is 219 Å². The van der Waals surface area contributed by atoms with Crippen molar-refractivity contribution in [2.24, 2.45) is 29.1 Å². The fourth-order valence-corrected chi connectivity index (χ4v) is 7.65. The quantitative estimate of drug-likeness (QED) is 0.403. The molecule has 190 valence electrons. The van der Waals surface area contributed by atoms with E-state index in [-0.39, 0.29) is 35.3 Å². The van der Waals surface area contributed by atoms with Gasteiger partial charge in [-0.2, -0.15) is 0 Å². The SMILES string of the molecule is CC12C(=O)N(c3ccccc3)C(=O)C1CC1C(=CCC3C(=O)NC(=O)C31)C2c1ccc(O)c2ccccc12. The van der Waals surface area contributed by atoms with Gasteiger partial charge in [-0.05, 0) is 54.8 Å². The highest BCUT2D eigenvalue weighted by Crippen LogP contribution is 2.63. The Hall–Kier alpha value is -4.26. The number of hydrogen-bond acceptors (Lipinski definition) is 5. The molecule has 0 spiro atoms. The van der Waals surface area contributed by atoms with Gasteiger partial charge < -0.3 is 5.11 Å². The van der Waals surface area contributed by atoms with E-state index in [1.807, 2.05) is 49.4 Å². The molecule has 0 aromatic heterocycles. The van der Waals surface area contributed by atoms with Gasteiger partial charge in [0.15, 0.2) is 0 Å². The van der Waals surface area contributed by atoms with Crippen LogP contribution in [0.3, 0.4) is 0 Å². The Kier molecular flexibility index (Phi) is 4.74. The van der Waals surface area contributed by atoms with E-state index in [0.717, 1.165) is 16.5 Å². The molecule has 1 saturated carbocycles. The molecule has 2 saturated heterocycles. The molecule has 2 aliphatic carbocycles. The molecule has 3 aromatic rings. The molecule has 6 atom stereocenters. The van der Waals surface area contributed by atoms with Crippen LogP contribution in [0.1, 0.15) is 31.2 Å². The number of carbonyl (C=O) groups excluding carboxylic acids is 4. The Morgan fingerprint density at radius 2 is 1.58 bits per heavy atom. The minimum atomic E-state index is -1.11. The largest absolute Gasteiger partial charge is 0.507 e. The number of aromatic hydroxyl groups is 1. The molecular weight excluding hydrogens is 480 g/mol. The second-order valence-electron chi connectivity index (χ2n) is 11.1. The van der Waals surface area contributed by atoms with E-state index in [4.69, 9.17) is 0 Å². The molecule has 4 aliphatic rings. The molecule has 3 fully saturated rings. The van der Waals surface area contributed by atoms with Gasteiger partial charge in [-0.15, -0.1) is 0 Å². The lowest BCUT2D eigenvalue weighted by atomic mass is 9.51. The van der Waals surface area contributed by atoms with Crippen molar-refractivity contribution in [2.45, 2.75) is 25.7 Å². The summed E-state index contributed by atoms with van der Waals surface area (Å²) < 4.78 is 0. The lowest BCUT2D eigenvalue weighted by Crippen LogP contribution is -2.48. The summed E-state index contributed by atoms with van der Waals surface area (Å²) in [6.45, 7) is 1.87. The Balaban J connectivity index is 1.48. The summed E-state index contributed by atoms with van der Waals surface area (Å²) in [7, 11) is 0. The zero-order chi connectivity index (χ0) is 26.3. The molecule has 2 heterocycles. The number of fused-ring (bicyclic) bond motifs is 5. The number of para-hydroxylation sites is 1. The number of nitrogens with one attached hydrogen (secondary N) is 1. The molecule has 7 rings (SSSR count). The number of carbonyl (C=O) groups is 4. The van der Waals surface area contributed by atoms with Gasteiger partial charge in [-0.1, -0.05) is 60.2 Å². The molecule has 0 bridgehead atoms. The van der Waals surface area contributed by atoms with Gasteiger partial charge in [0.2, 0.25) is 23.6 Å². The van der Waals surface area contributed by atoms with Crippen LogP contribution in [-0.2, 0) is 19.2 Å². The van der Waals surface area contributed by atoms with Crippen LogP contribution in [0.4, 0.5) is 5.69 Å². The summed E-state index contributed by atoms with van der Waals surface area (Å²) >= 11 is 0. The van der Waals surface area contributed by atoms with Crippen molar-refractivity contribution < 1.29 is 24.3 Å². The third-order valence-corrected chi connectivity index (χ3v) is 9.38. The van der Waals surface area contributed by atoms with Crippen molar-refractivity contribution >= 4 is 40.1 Å². The van der Waals surface area contributed by atoms with Gasteiger partial charge in [0.05, 0.1) is 28.9 Å². The summed E-state index contributed by atoms with van der Waals surface area (Å²) in [5.41, 5.74) is 1.18. The maximum absolute atomic E-state index is 14.4. The van der Waals surface area contributed by atoms with Crippen LogP contribution in [0.15, 0.2) is 78.4 Å². The molecule has 2 aliphatic heterocycles. The van der Waals surface area contributed by atoms with Crippen molar-refractivity contribution in [1.29, 1.82) is 0 Å². The fourth-order valence-electron chi connectivity index (χ4n) is 7.65. The highest BCUT2D eigenvalue weighted by atomic mass is 16.3. The topological polar surface area (TPSA) is 104 Å². The van der Waals surface area contributed by atoms with Gasteiger partial charge in [0, 0.05) is 11.3 Å². The van der Waals surface area contributed by atoms with Crippen LogP contribution in [0.2, 0.25) is 0 Å². The number of rotatable bonds is 2. The standard InChI is InChI=1S/C31H26N2O5/c1-31-23(29(37)33(30(31)38)16-7-3-2-4-8-16)15-22-20(11-12-21-25(22)28(36)32-27(21)35)26(31)19-13-14-24(34)18-10-6-5-9-17(18)19/h2-11,13-14,21-23,25-26,34H,12,15H2,1H3,(H,32,35,36). The van der Waals surface area contributed by atoms with Gasteiger partial charge in [-0.25, -0.2) is 4.90 Å². The molecule has 4 amide bonds. The maximum atomic E-state index is 14.4. The molecule has 7 nitrogen and oxygen atoms in total. The van der Waals surface area contributed by atoms with Crippen LogP contribution >= 0.6 is 0 Å². The van der Waals surface area contributed by atoms with E-state index < -0.39 is 29.1 Å². The number of phenols is 1. The van der Waals surface area contributed by atoms with Crippen molar-refractivity contribution in [2.75, 3.05) is 4.90 Å². The first kappa shape index (κ1) is 22.9. The molecule has 6 unspecified atom stereocenters. The van der Waals surface area contributed by atoms with E-state index in [1.165, 1.54) is 4.90 Å². The number of amides is 4. The summed E-state index contributed by atoms with van der Waals surface area (Å²) in [6, 6.07) is 19.9. The smallest absolute Gasteiger partial charge is 0.241 e. The first-order valence-electron chi connectivity index (χ1n) is 13.0.